The van der Waals surface area contributed by atoms with Gasteiger partial charge in [-0.3, -0.25) is 4.79 Å². The number of halogens is 1. The van der Waals surface area contributed by atoms with Gasteiger partial charge in [-0.15, -0.1) is 0 Å². The van der Waals surface area contributed by atoms with Gasteiger partial charge < -0.3 is 10.1 Å². The minimum atomic E-state index is -0.786. The number of esters is 1. The Kier molecular flexibility index (Phi) is 6.89. The highest BCUT2D eigenvalue weighted by atomic mass is 19.1. The second kappa shape index (κ2) is 9.37. The van der Waals surface area contributed by atoms with Crippen molar-refractivity contribution in [2.45, 2.75) is 18.9 Å². The summed E-state index contributed by atoms with van der Waals surface area (Å²) in [5.74, 6) is -1.29. The number of ether oxygens (including phenoxy) is 1. The minimum Gasteiger partial charge on any atom is -0.467 e. The molecular formula is C20H20FNO3. The summed E-state index contributed by atoms with van der Waals surface area (Å²) in [6.45, 7) is 0. The SMILES string of the molecule is COC(=O)[C@H](C/C=C/c1ccccc1)NC(=O)Cc1cccc(F)c1. The lowest BCUT2D eigenvalue weighted by Crippen LogP contribution is -2.41. The molecule has 0 aliphatic rings. The zero-order valence-corrected chi connectivity index (χ0v) is 13.9. The third-order valence-electron chi connectivity index (χ3n) is 3.56. The second-order valence-corrected chi connectivity index (χ2v) is 5.50. The van der Waals surface area contributed by atoms with Crippen LogP contribution in [-0.4, -0.2) is 25.0 Å². The Morgan fingerprint density at radius 3 is 2.60 bits per heavy atom. The molecule has 0 bridgehead atoms. The van der Waals surface area contributed by atoms with Gasteiger partial charge in [0.2, 0.25) is 5.91 Å². The summed E-state index contributed by atoms with van der Waals surface area (Å²) in [5, 5.41) is 2.63. The normalized spacial score (nSPS) is 11.9. The molecule has 0 saturated carbocycles. The predicted octanol–water partition coefficient (Wildman–Crippen LogP) is 3.13. The number of rotatable bonds is 7. The van der Waals surface area contributed by atoms with Crippen LogP contribution >= 0.6 is 0 Å². The Morgan fingerprint density at radius 2 is 1.92 bits per heavy atom. The van der Waals surface area contributed by atoms with E-state index in [1.807, 2.05) is 36.4 Å². The first-order chi connectivity index (χ1) is 12.1. The third kappa shape index (κ3) is 6.22. The average molecular weight is 341 g/mol. The van der Waals surface area contributed by atoms with E-state index in [0.29, 0.717) is 12.0 Å². The molecule has 0 unspecified atom stereocenters. The van der Waals surface area contributed by atoms with Gasteiger partial charge in [-0.05, 0) is 29.7 Å². The molecule has 5 heteroatoms. The molecule has 1 atom stereocenters. The summed E-state index contributed by atoms with van der Waals surface area (Å²) in [5.41, 5.74) is 1.54. The molecule has 0 aromatic heterocycles. The van der Waals surface area contributed by atoms with Crippen molar-refractivity contribution in [3.8, 4) is 0 Å². The highest BCUT2D eigenvalue weighted by Crippen LogP contribution is 2.07. The van der Waals surface area contributed by atoms with Gasteiger partial charge in [0, 0.05) is 0 Å². The fourth-order valence-electron chi connectivity index (χ4n) is 2.34. The maximum atomic E-state index is 13.2. The molecule has 130 valence electrons. The van der Waals surface area contributed by atoms with E-state index in [1.165, 1.54) is 19.2 Å². The summed E-state index contributed by atoms with van der Waals surface area (Å²) >= 11 is 0. The van der Waals surface area contributed by atoms with Gasteiger partial charge in [0.25, 0.3) is 0 Å². The number of carbonyl (C=O) groups excluding carboxylic acids is 2. The zero-order valence-electron chi connectivity index (χ0n) is 13.9. The van der Waals surface area contributed by atoms with Gasteiger partial charge in [0.1, 0.15) is 11.9 Å². The first-order valence-corrected chi connectivity index (χ1v) is 7.91. The molecule has 0 heterocycles. The number of hydrogen-bond acceptors (Lipinski definition) is 3. The Bertz CT molecular complexity index is 744. The van der Waals surface area contributed by atoms with E-state index < -0.39 is 17.8 Å². The van der Waals surface area contributed by atoms with Crippen LogP contribution in [0.25, 0.3) is 6.08 Å². The Labute approximate surface area is 146 Å². The number of amides is 1. The van der Waals surface area contributed by atoms with Crippen LogP contribution in [0.15, 0.2) is 60.7 Å². The van der Waals surface area contributed by atoms with Crippen LogP contribution in [0.3, 0.4) is 0 Å². The van der Waals surface area contributed by atoms with Gasteiger partial charge in [-0.2, -0.15) is 0 Å². The van der Waals surface area contributed by atoms with E-state index in [9.17, 15) is 14.0 Å². The van der Waals surface area contributed by atoms with Crippen molar-refractivity contribution in [1.29, 1.82) is 0 Å². The number of hydrogen-bond donors (Lipinski definition) is 1. The number of methoxy groups -OCH3 is 1. The first kappa shape index (κ1) is 18.4. The van der Waals surface area contributed by atoms with Crippen LogP contribution in [0.2, 0.25) is 0 Å². The molecule has 2 rings (SSSR count). The highest BCUT2D eigenvalue weighted by molar-refractivity contribution is 5.85. The summed E-state index contributed by atoms with van der Waals surface area (Å²) in [7, 11) is 1.27. The summed E-state index contributed by atoms with van der Waals surface area (Å²) in [6.07, 6.45) is 3.97. The quantitative estimate of drug-likeness (QED) is 0.787. The van der Waals surface area contributed by atoms with Crippen LogP contribution in [0.1, 0.15) is 17.5 Å². The van der Waals surface area contributed by atoms with Crippen LogP contribution in [0.4, 0.5) is 4.39 Å². The number of benzene rings is 2. The van der Waals surface area contributed by atoms with E-state index in [4.69, 9.17) is 4.74 Å². The van der Waals surface area contributed by atoms with Crippen molar-refractivity contribution >= 4 is 18.0 Å². The van der Waals surface area contributed by atoms with E-state index in [-0.39, 0.29) is 12.3 Å². The molecular weight excluding hydrogens is 321 g/mol. The van der Waals surface area contributed by atoms with Gasteiger partial charge in [0.15, 0.2) is 0 Å². The van der Waals surface area contributed by atoms with Crippen molar-refractivity contribution in [3.63, 3.8) is 0 Å². The van der Waals surface area contributed by atoms with Crippen molar-refractivity contribution in [3.05, 3.63) is 77.6 Å². The predicted molar refractivity (Wildman–Crippen MR) is 94.1 cm³/mol. The molecule has 2 aromatic carbocycles. The average Bonchev–Trinajstić information content (AvgIpc) is 2.61. The molecule has 2 aromatic rings. The van der Waals surface area contributed by atoms with Crippen LogP contribution < -0.4 is 5.32 Å². The molecule has 0 saturated heterocycles. The van der Waals surface area contributed by atoms with Crippen molar-refractivity contribution < 1.29 is 18.7 Å². The van der Waals surface area contributed by atoms with Crippen LogP contribution in [0.5, 0.6) is 0 Å². The Balaban J connectivity index is 1.96. The van der Waals surface area contributed by atoms with Crippen molar-refractivity contribution in [1.82, 2.24) is 5.32 Å². The fourth-order valence-corrected chi connectivity index (χ4v) is 2.34. The van der Waals surface area contributed by atoms with E-state index in [0.717, 1.165) is 5.56 Å². The van der Waals surface area contributed by atoms with Crippen LogP contribution in [-0.2, 0) is 20.7 Å². The number of nitrogens with one attached hydrogen (secondary N) is 1. The first-order valence-electron chi connectivity index (χ1n) is 7.91. The van der Waals surface area contributed by atoms with Gasteiger partial charge >= 0.3 is 5.97 Å². The Hall–Kier alpha value is -2.95. The second-order valence-electron chi connectivity index (χ2n) is 5.50. The molecule has 1 amide bonds. The van der Waals surface area contributed by atoms with Gasteiger partial charge in [-0.25, -0.2) is 9.18 Å². The van der Waals surface area contributed by atoms with E-state index in [1.54, 1.807) is 18.2 Å². The molecule has 0 fully saturated rings. The molecule has 0 spiro atoms. The van der Waals surface area contributed by atoms with Crippen molar-refractivity contribution in [2.75, 3.05) is 7.11 Å². The molecule has 1 N–H and O–H groups in total. The lowest BCUT2D eigenvalue weighted by atomic mass is 10.1. The summed E-state index contributed by atoms with van der Waals surface area (Å²) in [6, 6.07) is 14.6. The maximum Gasteiger partial charge on any atom is 0.328 e. The van der Waals surface area contributed by atoms with Gasteiger partial charge in [-0.1, -0.05) is 54.6 Å². The monoisotopic (exact) mass is 341 g/mol. The third-order valence-corrected chi connectivity index (χ3v) is 3.56. The smallest absolute Gasteiger partial charge is 0.328 e. The minimum absolute atomic E-state index is 0.00630. The Morgan fingerprint density at radius 1 is 1.16 bits per heavy atom. The van der Waals surface area contributed by atoms with E-state index in [2.05, 4.69) is 5.32 Å². The maximum absolute atomic E-state index is 13.2. The molecule has 4 nitrogen and oxygen atoms in total. The summed E-state index contributed by atoms with van der Waals surface area (Å²) < 4.78 is 17.9. The number of carbonyl (C=O) groups is 2. The standard InChI is InChI=1S/C20H20FNO3/c1-25-20(24)18(12-6-9-15-7-3-2-4-8-15)22-19(23)14-16-10-5-11-17(21)13-16/h2-11,13,18H,12,14H2,1H3,(H,22,23)/b9-6+/t18-/m0/s1. The fraction of sp³-hybridized carbons (Fsp3) is 0.200. The van der Waals surface area contributed by atoms with Crippen molar-refractivity contribution in [2.24, 2.45) is 0 Å². The summed E-state index contributed by atoms with van der Waals surface area (Å²) in [4.78, 5) is 24.0. The molecule has 0 aliphatic carbocycles. The lowest BCUT2D eigenvalue weighted by molar-refractivity contribution is -0.144. The molecule has 0 radical (unpaired) electrons. The molecule has 25 heavy (non-hydrogen) atoms. The zero-order chi connectivity index (χ0) is 18.1. The highest BCUT2D eigenvalue weighted by Gasteiger charge is 2.20. The van der Waals surface area contributed by atoms with E-state index >= 15 is 0 Å². The van der Waals surface area contributed by atoms with Gasteiger partial charge in [0.05, 0.1) is 13.5 Å². The lowest BCUT2D eigenvalue weighted by Gasteiger charge is -2.15. The largest absolute Gasteiger partial charge is 0.467 e. The molecule has 0 aliphatic heterocycles. The topological polar surface area (TPSA) is 55.4 Å². The van der Waals surface area contributed by atoms with Crippen LogP contribution in [0, 0.1) is 5.82 Å².